The highest BCUT2D eigenvalue weighted by atomic mass is 79.9. The molecule has 100 valence electrons. The molecule has 1 heterocycles. The number of halogens is 2. The minimum atomic E-state index is -0.0766. The fourth-order valence-electron chi connectivity index (χ4n) is 1.71. The Balaban J connectivity index is 2.14. The molecule has 1 amide bonds. The zero-order valence-corrected chi connectivity index (χ0v) is 14.2. The van der Waals surface area contributed by atoms with Crippen LogP contribution in [-0.4, -0.2) is 17.9 Å². The Morgan fingerprint density at radius 1 is 1.37 bits per heavy atom. The summed E-state index contributed by atoms with van der Waals surface area (Å²) >= 11 is 8.35. The maximum atomic E-state index is 12.3. The second kappa shape index (κ2) is 6.07. The van der Waals surface area contributed by atoms with Crippen LogP contribution in [0.4, 0.5) is 5.69 Å². The van der Waals surface area contributed by atoms with Gasteiger partial charge in [0.2, 0.25) is 0 Å². The molecule has 0 fully saturated rings. The van der Waals surface area contributed by atoms with Crippen LogP contribution in [-0.2, 0) is 6.54 Å². The van der Waals surface area contributed by atoms with E-state index in [9.17, 15) is 4.79 Å². The SMILES string of the molecule is CN(Cc1csc(Br)c1)C(=O)c1ccc(Br)cc1N. The van der Waals surface area contributed by atoms with Gasteiger partial charge >= 0.3 is 0 Å². The van der Waals surface area contributed by atoms with Crippen molar-refractivity contribution in [3.63, 3.8) is 0 Å². The topological polar surface area (TPSA) is 46.3 Å². The molecule has 0 aliphatic heterocycles. The van der Waals surface area contributed by atoms with E-state index in [4.69, 9.17) is 5.73 Å². The third-order valence-corrected chi connectivity index (χ3v) is 4.68. The molecule has 3 nitrogen and oxygen atoms in total. The number of anilines is 1. The number of nitrogens with zero attached hydrogens (tertiary/aromatic N) is 1. The highest BCUT2D eigenvalue weighted by molar-refractivity contribution is 9.11. The Hall–Kier alpha value is -0.850. The van der Waals surface area contributed by atoms with E-state index in [0.717, 1.165) is 13.8 Å². The smallest absolute Gasteiger partial charge is 0.255 e. The van der Waals surface area contributed by atoms with E-state index in [-0.39, 0.29) is 5.91 Å². The highest BCUT2D eigenvalue weighted by Gasteiger charge is 2.15. The van der Waals surface area contributed by atoms with Crippen LogP contribution in [0.2, 0.25) is 0 Å². The molecule has 0 atom stereocenters. The number of carbonyl (C=O) groups is 1. The predicted octanol–water partition coefficient (Wildman–Crippen LogP) is 4.13. The van der Waals surface area contributed by atoms with E-state index in [0.29, 0.717) is 17.8 Å². The molecule has 6 heteroatoms. The third-order valence-electron chi connectivity index (χ3n) is 2.63. The second-order valence-corrected chi connectivity index (χ2v) is 7.36. The molecule has 0 unspecified atom stereocenters. The minimum Gasteiger partial charge on any atom is -0.398 e. The van der Waals surface area contributed by atoms with Gasteiger partial charge in [-0.2, -0.15) is 0 Å². The van der Waals surface area contributed by atoms with Crippen molar-refractivity contribution >= 4 is 54.8 Å². The van der Waals surface area contributed by atoms with Crippen molar-refractivity contribution < 1.29 is 4.79 Å². The van der Waals surface area contributed by atoms with Crippen LogP contribution >= 0.6 is 43.2 Å². The van der Waals surface area contributed by atoms with Gasteiger partial charge in [-0.05, 0) is 51.1 Å². The van der Waals surface area contributed by atoms with Crippen LogP contribution in [0, 0.1) is 0 Å². The number of benzene rings is 1. The van der Waals surface area contributed by atoms with E-state index < -0.39 is 0 Å². The van der Waals surface area contributed by atoms with Crippen molar-refractivity contribution in [2.45, 2.75) is 6.54 Å². The minimum absolute atomic E-state index is 0.0766. The molecule has 0 aliphatic rings. The number of thiophene rings is 1. The fraction of sp³-hybridized carbons (Fsp3) is 0.154. The highest BCUT2D eigenvalue weighted by Crippen LogP contribution is 2.23. The van der Waals surface area contributed by atoms with Gasteiger partial charge in [0.1, 0.15) is 0 Å². The van der Waals surface area contributed by atoms with Crippen molar-refractivity contribution in [2.24, 2.45) is 0 Å². The lowest BCUT2D eigenvalue weighted by Crippen LogP contribution is -2.26. The molecule has 0 radical (unpaired) electrons. The number of rotatable bonds is 3. The quantitative estimate of drug-likeness (QED) is 0.783. The Morgan fingerprint density at radius 2 is 2.11 bits per heavy atom. The second-order valence-electron chi connectivity index (χ2n) is 4.15. The molecule has 0 saturated carbocycles. The monoisotopic (exact) mass is 402 g/mol. The summed E-state index contributed by atoms with van der Waals surface area (Å²) in [5.74, 6) is -0.0766. The van der Waals surface area contributed by atoms with E-state index in [2.05, 4.69) is 31.9 Å². The first-order valence-corrected chi connectivity index (χ1v) is 7.97. The lowest BCUT2D eigenvalue weighted by molar-refractivity contribution is 0.0786. The van der Waals surface area contributed by atoms with E-state index in [1.165, 1.54) is 0 Å². The first-order valence-electron chi connectivity index (χ1n) is 5.51. The number of carbonyl (C=O) groups excluding carboxylic acids is 1. The molecule has 1 aromatic heterocycles. The normalized spacial score (nSPS) is 10.5. The van der Waals surface area contributed by atoms with Gasteiger partial charge in [0.05, 0.1) is 9.35 Å². The van der Waals surface area contributed by atoms with Gasteiger partial charge in [0, 0.05) is 23.8 Å². The average Bonchev–Trinajstić information content (AvgIpc) is 2.74. The lowest BCUT2D eigenvalue weighted by Gasteiger charge is -2.17. The molecular formula is C13H12Br2N2OS. The van der Waals surface area contributed by atoms with Crippen molar-refractivity contribution in [1.82, 2.24) is 4.90 Å². The van der Waals surface area contributed by atoms with Gasteiger partial charge in [-0.15, -0.1) is 11.3 Å². The molecule has 0 spiro atoms. The summed E-state index contributed by atoms with van der Waals surface area (Å²) in [6.07, 6.45) is 0. The molecule has 2 N–H and O–H groups in total. The van der Waals surface area contributed by atoms with Gasteiger partial charge in [-0.3, -0.25) is 4.79 Å². The summed E-state index contributed by atoms with van der Waals surface area (Å²) in [5.41, 5.74) is 7.99. The van der Waals surface area contributed by atoms with E-state index >= 15 is 0 Å². The Kier molecular flexibility index (Phi) is 4.65. The van der Waals surface area contributed by atoms with Crippen LogP contribution < -0.4 is 5.73 Å². The van der Waals surface area contributed by atoms with E-state index in [1.54, 1.807) is 35.4 Å². The number of hydrogen-bond acceptors (Lipinski definition) is 3. The van der Waals surface area contributed by atoms with Crippen LogP contribution in [0.5, 0.6) is 0 Å². The molecule has 1 aromatic carbocycles. The van der Waals surface area contributed by atoms with Crippen LogP contribution in [0.1, 0.15) is 15.9 Å². The number of nitrogen functional groups attached to an aromatic ring is 1. The first-order chi connectivity index (χ1) is 8.97. The number of nitrogens with two attached hydrogens (primary N) is 1. The lowest BCUT2D eigenvalue weighted by atomic mass is 10.1. The van der Waals surface area contributed by atoms with Gasteiger partial charge in [0.15, 0.2) is 0 Å². The van der Waals surface area contributed by atoms with Crippen LogP contribution in [0.3, 0.4) is 0 Å². The summed E-state index contributed by atoms with van der Waals surface area (Å²) in [6, 6.07) is 7.31. The Morgan fingerprint density at radius 3 is 2.68 bits per heavy atom. The maximum absolute atomic E-state index is 12.3. The summed E-state index contributed by atoms with van der Waals surface area (Å²) in [6.45, 7) is 0.566. The summed E-state index contributed by atoms with van der Waals surface area (Å²) in [4.78, 5) is 14.0. The van der Waals surface area contributed by atoms with Gasteiger partial charge in [-0.25, -0.2) is 0 Å². The third kappa shape index (κ3) is 3.58. The molecule has 2 aromatic rings. The summed E-state index contributed by atoms with van der Waals surface area (Å²) in [7, 11) is 1.77. The van der Waals surface area contributed by atoms with Crippen molar-refractivity contribution in [3.05, 3.63) is 49.0 Å². The van der Waals surface area contributed by atoms with Crippen LogP contribution in [0.25, 0.3) is 0 Å². The van der Waals surface area contributed by atoms with Crippen molar-refractivity contribution in [2.75, 3.05) is 12.8 Å². The molecular weight excluding hydrogens is 392 g/mol. The average molecular weight is 404 g/mol. The summed E-state index contributed by atoms with van der Waals surface area (Å²) in [5, 5.41) is 2.03. The van der Waals surface area contributed by atoms with Crippen LogP contribution in [0.15, 0.2) is 37.9 Å². The molecule has 2 rings (SSSR count). The van der Waals surface area contributed by atoms with Gasteiger partial charge < -0.3 is 10.6 Å². The van der Waals surface area contributed by atoms with E-state index in [1.807, 2.05) is 17.5 Å². The summed E-state index contributed by atoms with van der Waals surface area (Å²) < 4.78 is 1.93. The largest absolute Gasteiger partial charge is 0.398 e. The first kappa shape index (κ1) is 14.6. The fourth-order valence-corrected chi connectivity index (χ4v) is 3.29. The van der Waals surface area contributed by atoms with Crippen molar-refractivity contribution in [1.29, 1.82) is 0 Å². The Bertz CT molecular complexity index is 612. The predicted molar refractivity (Wildman–Crippen MR) is 86.4 cm³/mol. The Labute approximate surface area is 132 Å². The molecule has 19 heavy (non-hydrogen) atoms. The van der Waals surface area contributed by atoms with Gasteiger partial charge in [-0.1, -0.05) is 15.9 Å². The maximum Gasteiger partial charge on any atom is 0.255 e. The molecule has 0 bridgehead atoms. The van der Waals surface area contributed by atoms with Crippen molar-refractivity contribution in [3.8, 4) is 0 Å². The zero-order valence-electron chi connectivity index (χ0n) is 10.2. The molecule has 0 saturated heterocycles. The standard InChI is InChI=1S/C13H12Br2N2OS/c1-17(6-8-4-12(15)19-7-8)13(18)10-3-2-9(14)5-11(10)16/h2-5,7H,6,16H2,1H3. The zero-order chi connectivity index (χ0) is 14.0. The van der Waals surface area contributed by atoms with Gasteiger partial charge in [0.25, 0.3) is 5.91 Å². The number of amides is 1. The number of hydrogen-bond donors (Lipinski definition) is 1. The molecule has 0 aliphatic carbocycles.